The maximum absolute atomic E-state index is 12.2. The van der Waals surface area contributed by atoms with Crippen LogP contribution in [0.5, 0.6) is 0 Å². The Balaban J connectivity index is 3.11. The average molecular weight is 282 g/mol. The van der Waals surface area contributed by atoms with Gasteiger partial charge < -0.3 is 9.30 Å². The third-order valence-corrected chi connectivity index (χ3v) is 3.43. The molecule has 112 valence electrons. The molecule has 0 spiro atoms. The van der Waals surface area contributed by atoms with Gasteiger partial charge in [0, 0.05) is 25.4 Å². The van der Waals surface area contributed by atoms with Crippen molar-refractivity contribution >= 4 is 5.97 Å². The third kappa shape index (κ3) is 3.18. The summed E-state index contributed by atoms with van der Waals surface area (Å²) in [6, 6.07) is 0. The lowest BCUT2D eigenvalue weighted by Gasteiger charge is -2.16. The SMILES string of the molecule is CCCOC(=O)C[C@@H](C)c1c(C)n(C)c(=O)n(C)c1=O. The predicted octanol–water partition coefficient (Wildman–Crippen LogP) is 0.839. The first-order valence-electron chi connectivity index (χ1n) is 6.73. The largest absolute Gasteiger partial charge is 0.466 e. The molecule has 1 atom stereocenters. The molecule has 1 aromatic heterocycles. The first-order valence-corrected chi connectivity index (χ1v) is 6.73. The molecular weight excluding hydrogens is 260 g/mol. The van der Waals surface area contributed by atoms with Crippen LogP contribution in [0.25, 0.3) is 0 Å². The Kier molecular flexibility index (Phi) is 5.30. The number of esters is 1. The molecule has 0 saturated carbocycles. The molecule has 0 saturated heterocycles. The van der Waals surface area contributed by atoms with Crippen molar-refractivity contribution in [2.24, 2.45) is 14.1 Å². The smallest absolute Gasteiger partial charge is 0.330 e. The number of nitrogens with zero attached hydrogens (tertiary/aromatic N) is 2. The van der Waals surface area contributed by atoms with Crippen molar-refractivity contribution < 1.29 is 9.53 Å². The fourth-order valence-corrected chi connectivity index (χ4v) is 2.17. The van der Waals surface area contributed by atoms with Crippen LogP contribution in [0.3, 0.4) is 0 Å². The van der Waals surface area contributed by atoms with Crippen molar-refractivity contribution in [3.8, 4) is 0 Å². The van der Waals surface area contributed by atoms with Crippen LogP contribution < -0.4 is 11.2 Å². The molecular formula is C14H22N2O4. The van der Waals surface area contributed by atoms with E-state index in [9.17, 15) is 14.4 Å². The predicted molar refractivity (Wildman–Crippen MR) is 75.9 cm³/mol. The molecule has 1 rings (SSSR count). The van der Waals surface area contributed by atoms with E-state index in [1.165, 1.54) is 11.6 Å². The van der Waals surface area contributed by atoms with Crippen LogP contribution >= 0.6 is 0 Å². The third-order valence-electron chi connectivity index (χ3n) is 3.43. The van der Waals surface area contributed by atoms with E-state index in [0.29, 0.717) is 17.9 Å². The second-order valence-electron chi connectivity index (χ2n) is 5.03. The standard InChI is InChI=1S/C14H22N2O4/c1-6-7-20-11(17)8-9(2)12-10(3)15(4)14(19)16(5)13(12)18/h9H,6-8H2,1-5H3/t9-/m1/s1. The van der Waals surface area contributed by atoms with E-state index in [1.807, 2.05) is 6.92 Å². The Morgan fingerprint density at radius 2 is 1.85 bits per heavy atom. The van der Waals surface area contributed by atoms with Gasteiger partial charge in [-0.15, -0.1) is 0 Å². The molecule has 1 aromatic rings. The van der Waals surface area contributed by atoms with Crippen molar-refractivity contribution in [1.29, 1.82) is 0 Å². The van der Waals surface area contributed by atoms with E-state index in [-0.39, 0.29) is 29.6 Å². The molecule has 0 radical (unpaired) electrons. The summed E-state index contributed by atoms with van der Waals surface area (Å²) >= 11 is 0. The summed E-state index contributed by atoms with van der Waals surface area (Å²) in [5.41, 5.74) is 0.371. The summed E-state index contributed by atoms with van der Waals surface area (Å²) < 4.78 is 7.52. The topological polar surface area (TPSA) is 70.3 Å². The van der Waals surface area contributed by atoms with Gasteiger partial charge in [-0.3, -0.25) is 14.2 Å². The van der Waals surface area contributed by atoms with Crippen LogP contribution in [-0.4, -0.2) is 21.7 Å². The minimum atomic E-state index is -0.364. The molecule has 0 aliphatic carbocycles. The minimum Gasteiger partial charge on any atom is -0.466 e. The summed E-state index contributed by atoms with van der Waals surface area (Å²) in [5.74, 6) is -0.612. The van der Waals surface area contributed by atoms with Gasteiger partial charge >= 0.3 is 11.7 Å². The van der Waals surface area contributed by atoms with Crippen LogP contribution in [-0.2, 0) is 23.6 Å². The lowest BCUT2D eigenvalue weighted by Crippen LogP contribution is -2.41. The molecule has 0 unspecified atom stereocenters. The highest BCUT2D eigenvalue weighted by Crippen LogP contribution is 2.18. The van der Waals surface area contributed by atoms with E-state index in [2.05, 4.69) is 0 Å². The lowest BCUT2D eigenvalue weighted by molar-refractivity contribution is -0.144. The Labute approximate surface area is 118 Å². The van der Waals surface area contributed by atoms with Gasteiger partial charge in [-0.05, 0) is 19.3 Å². The van der Waals surface area contributed by atoms with E-state index in [0.717, 1.165) is 11.0 Å². The number of hydrogen-bond acceptors (Lipinski definition) is 4. The molecule has 0 aliphatic rings. The first kappa shape index (κ1) is 16.2. The molecule has 0 N–H and O–H groups in total. The van der Waals surface area contributed by atoms with E-state index >= 15 is 0 Å². The summed E-state index contributed by atoms with van der Waals surface area (Å²) in [6.45, 7) is 5.81. The van der Waals surface area contributed by atoms with E-state index < -0.39 is 0 Å². The van der Waals surface area contributed by atoms with Gasteiger partial charge in [0.1, 0.15) is 0 Å². The fraction of sp³-hybridized carbons (Fsp3) is 0.643. The van der Waals surface area contributed by atoms with Crippen molar-refractivity contribution in [3.63, 3.8) is 0 Å². The van der Waals surface area contributed by atoms with Gasteiger partial charge in [-0.2, -0.15) is 0 Å². The summed E-state index contributed by atoms with van der Waals surface area (Å²) in [5, 5.41) is 0. The summed E-state index contributed by atoms with van der Waals surface area (Å²) in [6.07, 6.45) is 0.898. The number of aromatic nitrogens is 2. The number of carbonyl (C=O) groups is 1. The van der Waals surface area contributed by atoms with Crippen molar-refractivity contribution in [2.75, 3.05) is 6.61 Å². The van der Waals surface area contributed by atoms with Gasteiger partial charge in [-0.25, -0.2) is 4.79 Å². The Bertz CT molecular complexity index is 613. The van der Waals surface area contributed by atoms with Gasteiger partial charge in [0.25, 0.3) is 5.56 Å². The zero-order valence-electron chi connectivity index (χ0n) is 12.7. The zero-order chi connectivity index (χ0) is 15.4. The average Bonchev–Trinajstić information content (AvgIpc) is 2.40. The molecule has 6 nitrogen and oxygen atoms in total. The first-order chi connectivity index (χ1) is 9.31. The number of ether oxygens (including phenoxy) is 1. The molecule has 6 heteroatoms. The quantitative estimate of drug-likeness (QED) is 0.750. The molecule has 0 bridgehead atoms. The van der Waals surface area contributed by atoms with Crippen LogP contribution in [0.2, 0.25) is 0 Å². The van der Waals surface area contributed by atoms with Gasteiger partial charge in [0.15, 0.2) is 0 Å². The van der Waals surface area contributed by atoms with Crippen LogP contribution in [0.15, 0.2) is 9.59 Å². The Hall–Kier alpha value is -1.85. The summed E-state index contributed by atoms with van der Waals surface area (Å²) in [7, 11) is 3.05. The van der Waals surface area contributed by atoms with Crippen LogP contribution in [0.1, 0.15) is 43.9 Å². The molecule has 0 aromatic carbocycles. The second kappa shape index (κ2) is 6.54. The highest BCUT2D eigenvalue weighted by atomic mass is 16.5. The van der Waals surface area contributed by atoms with Crippen LogP contribution in [0, 0.1) is 6.92 Å². The van der Waals surface area contributed by atoms with Crippen LogP contribution in [0.4, 0.5) is 0 Å². The van der Waals surface area contributed by atoms with E-state index in [1.54, 1.807) is 20.9 Å². The second-order valence-corrected chi connectivity index (χ2v) is 5.03. The number of hydrogen-bond donors (Lipinski definition) is 0. The highest BCUT2D eigenvalue weighted by molar-refractivity contribution is 5.70. The van der Waals surface area contributed by atoms with Crippen molar-refractivity contribution in [3.05, 3.63) is 32.1 Å². The Morgan fingerprint density at radius 1 is 1.25 bits per heavy atom. The maximum atomic E-state index is 12.2. The normalized spacial score (nSPS) is 12.2. The van der Waals surface area contributed by atoms with Crippen molar-refractivity contribution in [2.45, 2.75) is 39.5 Å². The molecule has 0 aliphatic heterocycles. The molecule has 20 heavy (non-hydrogen) atoms. The van der Waals surface area contributed by atoms with Gasteiger partial charge in [-0.1, -0.05) is 13.8 Å². The van der Waals surface area contributed by atoms with Gasteiger partial charge in [0.2, 0.25) is 0 Å². The molecule has 0 fully saturated rings. The number of rotatable bonds is 5. The molecule has 1 heterocycles. The summed E-state index contributed by atoms with van der Waals surface area (Å²) in [4.78, 5) is 35.6. The maximum Gasteiger partial charge on any atom is 0.330 e. The van der Waals surface area contributed by atoms with E-state index in [4.69, 9.17) is 4.74 Å². The van der Waals surface area contributed by atoms with Crippen molar-refractivity contribution in [1.82, 2.24) is 9.13 Å². The number of carbonyl (C=O) groups excluding carboxylic acids is 1. The lowest BCUT2D eigenvalue weighted by atomic mass is 9.97. The highest BCUT2D eigenvalue weighted by Gasteiger charge is 2.21. The Morgan fingerprint density at radius 3 is 2.40 bits per heavy atom. The monoisotopic (exact) mass is 282 g/mol. The fourth-order valence-electron chi connectivity index (χ4n) is 2.17. The molecule has 0 amide bonds. The van der Waals surface area contributed by atoms with Gasteiger partial charge in [0.05, 0.1) is 13.0 Å². The minimum absolute atomic E-state index is 0.133. The zero-order valence-corrected chi connectivity index (χ0v) is 12.7.